The van der Waals surface area contributed by atoms with Crippen molar-refractivity contribution in [2.75, 3.05) is 5.32 Å². The lowest BCUT2D eigenvalue weighted by molar-refractivity contribution is -0.384. The Labute approximate surface area is 112 Å². The summed E-state index contributed by atoms with van der Waals surface area (Å²) in [6.07, 6.45) is 1.35. The number of aromatic nitrogens is 2. The molecule has 1 N–H and O–H groups in total. The highest BCUT2D eigenvalue weighted by Crippen LogP contribution is 2.26. The SMILES string of the molecule is N#Cc1ccc(Nc2nc(Cl)ccc2[N+](=O)[O-])nc1. The monoisotopic (exact) mass is 275 g/mol. The molecule has 2 aromatic rings. The number of nitrogens with one attached hydrogen (secondary N) is 1. The minimum atomic E-state index is -0.574. The Morgan fingerprint density at radius 3 is 2.74 bits per heavy atom. The van der Waals surface area contributed by atoms with Crippen LogP contribution in [0.4, 0.5) is 17.3 Å². The average Bonchev–Trinajstić information content (AvgIpc) is 2.39. The summed E-state index contributed by atoms with van der Waals surface area (Å²) in [5.74, 6) is 0.326. The third kappa shape index (κ3) is 2.94. The smallest absolute Gasteiger partial charge is 0.311 e. The van der Waals surface area contributed by atoms with E-state index in [0.717, 1.165) is 0 Å². The third-order valence-corrected chi connectivity index (χ3v) is 2.39. The van der Waals surface area contributed by atoms with E-state index in [2.05, 4.69) is 15.3 Å². The van der Waals surface area contributed by atoms with Crippen molar-refractivity contribution in [1.29, 1.82) is 5.26 Å². The van der Waals surface area contributed by atoms with E-state index in [1.807, 2.05) is 6.07 Å². The standard InChI is InChI=1S/C11H6ClN5O2/c12-9-3-2-8(17(18)19)11(15-9)16-10-4-1-7(5-13)6-14-10/h1-4,6H,(H,14,15,16). The maximum atomic E-state index is 10.8. The molecule has 0 amide bonds. The summed E-state index contributed by atoms with van der Waals surface area (Å²) in [4.78, 5) is 18.0. The van der Waals surface area contributed by atoms with E-state index in [1.54, 1.807) is 0 Å². The van der Waals surface area contributed by atoms with Gasteiger partial charge in [0.15, 0.2) is 0 Å². The Balaban J connectivity index is 2.34. The van der Waals surface area contributed by atoms with Gasteiger partial charge in [0.05, 0.1) is 10.5 Å². The molecular formula is C11H6ClN5O2. The first-order valence-corrected chi connectivity index (χ1v) is 5.42. The Hall–Kier alpha value is -2.72. The largest absolute Gasteiger partial charge is 0.319 e. The number of hydrogen-bond donors (Lipinski definition) is 1. The number of anilines is 2. The van der Waals surface area contributed by atoms with Crippen molar-refractivity contribution >= 4 is 28.9 Å². The summed E-state index contributed by atoms with van der Waals surface area (Å²) in [5, 5.41) is 22.3. The molecule has 0 aliphatic heterocycles. The topological polar surface area (TPSA) is 105 Å². The summed E-state index contributed by atoms with van der Waals surface area (Å²) in [6.45, 7) is 0. The number of nitrogens with zero attached hydrogens (tertiary/aromatic N) is 4. The summed E-state index contributed by atoms with van der Waals surface area (Å²) in [5.41, 5.74) is 0.176. The predicted molar refractivity (Wildman–Crippen MR) is 68.1 cm³/mol. The second-order valence-corrected chi connectivity index (χ2v) is 3.81. The Morgan fingerprint density at radius 2 is 2.16 bits per heavy atom. The van der Waals surface area contributed by atoms with Crippen LogP contribution in [0.2, 0.25) is 5.15 Å². The first kappa shape index (κ1) is 12.7. The van der Waals surface area contributed by atoms with Crippen molar-refractivity contribution in [2.24, 2.45) is 0 Å². The van der Waals surface area contributed by atoms with Gasteiger partial charge in [0, 0.05) is 12.3 Å². The van der Waals surface area contributed by atoms with E-state index in [0.29, 0.717) is 11.4 Å². The van der Waals surface area contributed by atoms with Crippen LogP contribution >= 0.6 is 11.6 Å². The summed E-state index contributed by atoms with van der Waals surface area (Å²) >= 11 is 5.70. The van der Waals surface area contributed by atoms with Crippen LogP contribution in [0.15, 0.2) is 30.5 Å². The maximum Gasteiger partial charge on any atom is 0.311 e. The van der Waals surface area contributed by atoms with E-state index in [9.17, 15) is 10.1 Å². The molecule has 0 atom stereocenters. The van der Waals surface area contributed by atoms with Gasteiger partial charge in [-0.1, -0.05) is 11.6 Å². The molecule has 0 aliphatic carbocycles. The highest BCUT2D eigenvalue weighted by atomic mass is 35.5. The molecule has 0 bridgehead atoms. The summed E-state index contributed by atoms with van der Waals surface area (Å²) < 4.78 is 0. The van der Waals surface area contributed by atoms with Gasteiger partial charge in [-0.2, -0.15) is 5.26 Å². The van der Waals surface area contributed by atoms with Crippen LogP contribution in [-0.2, 0) is 0 Å². The molecule has 0 unspecified atom stereocenters. The first-order chi connectivity index (χ1) is 9.10. The van der Waals surface area contributed by atoms with Gasteiger partial charge in [-0.05, 0) is 18.2 Å². The normalized spacial score (nSPS) is 9.68. The van der Waals surface area contributed by atoms with Crippen molar-refractivity contribution in [3.05, 3.63) is 51.3 Å². The molecular weight excluding hydrogens is 270 g/mol. The van der Waals surface area contributed by atoms with Gasteiger partial charge in [-0.3, -0.25) is 10.1 Å². The van der Waals surface area contributed by atoms with Gasteiger partial charge in [0.1, 0.15) is 17.0 Å². The highest BCUT2D eigenvalue weighted by Gasteiger charge is 2.16. The predicted octanol–water partition coefficient (Wildman–Crippen LogP) is 2.65. The van der Waals surface area contributed by atoms with Gasteiger partial charge < -0.3 is 5.32 Å². The second-order valence-electron chi connectivity index (χ2n) is 3.43. The second kappa shape index (κ2) is 5.29. The molecule has 7 nitrogen and oxygen atoms in total. The molecule has 0 aliphatic rings. The zero-order chi connectivity index (χ0) is 13.8. The number of nitro groups is 1. The van der Waals surface area contributed by atoms with Crippen molar-refractivity contribution in [3.63, 3.8) is 0 Å². The molecule has 0 saturated heterocycles. The molecule has 0 radical (unpaired) electrons. The van der Waals surface area contributed by atoms with Crippen molar-refractivity contribution in [1.82, 2.24) is 9.97 Å². The lowest BCUT2D eigenvalue weighted by atomic mass is 10.3. The molecule has 0 saturated carbocycles. The molecule has 2 heterocycles. The van der Waals surface area contributed by atoms with Crippen LogP contribution in [0, 0.1) is 21.4 Å². The number of nitriles is 1. The zero-order valence-corrected chi connectivity index (χ0v) is 10.1. The van der Waals surface area contributed by atoms with E-state index in [1.165, 1.54) is 30.5 Å². The van der Waals surface area contributed by atoms with Crippen LogP contribution in [0.5, 0.6) is 0 Å². The van der Waals surface area contributed by atoms with Crippen molar-refractivity contribution in [2.45, 2.75) is 0 Å². The Morgan fingerprint density at radius 1 is 1.37 bits per heavy atom. The van der Waals surface area contributed by atoms with E-state index >= 15 is 0 Å². The maximum absolute atomic E-state index is 10.8. The van der Waals surface area contributed by atoms with Gasteiger partial charge in [0.25, 0.3) is 0 Å². The first-order valence-electron chi connectivity index (χ1n) is 5.04. The van der Waals surface area contributed by atoms with Crippen LogP contribution in [0.25, 0.3) is 0 Å². The van der Waals surface area contributed by atoms with Gasteiger partial charge in [-0.25, -0.2) is 9.97 Å². The van der Waals surface area contributed by atoms with Crippen LogP contribution < -0.4 is 5.32 Å². The van der Waals surface area contributed by atoms with E-state index in [4.69, 9.17) is 16.9 Å². The fraction of sp³-hybridized carbons (Fsp3) is 0. The summed E-state index contributed by atoms with van der Waals surface area (Å²) in [6, 6.07) is 7.56. The number of pyridine rings is 2. The number of halogens is 1. The molecule has 19 heavy (non-hydrogen) atoms. The Bertz CT molecular complexity index is 666. The van der Waals surface area contributed by atoms with Gasteiger partial charge >= 0.3 is 5.69 Å². The fourth-order valence-corrected chi connectivity index (χ4v) is 1.47. The van der Waals surface area contributed by atoms with Crippen molar-refractivity contribution < 1.29 is 4.92 Å². The van der Waals surface area contributed by atoms with Crippen LogP contribution in [0.1, 0.15) is 5.56 Å². The fourth-order valence-electron chi connectivity index (χ4n) is 1.32. The summed E-state index contributed by atoms with van der Waals surface area (Å²) in [7, 11) is 0. The zero-order valence-electron chi connectivity index (χ0n) is 9.37. The molecule has 8 heteroatoms. The minimum Gasteiger partial charge on any atom is -0.319 e. The van der Waals surface area contributed by atoms with Crippen LogP contribution in [0.3, 0.4) is 0 Å². The number of rotatable bonds is 3. The van der Waals surface area contributed by atoms with E-state index < -0.39 is 4.92 Å². The molecule has 94 valence electrons. The third-order valence-electron chi connectivity index (χ3n) is 2.18. The molecule has 0 spiro atoms. The molecule has 2 rings (SSSR count). The van der Waals surface area contributed by atoms with Gasteiger partial charge in [0.2, 0.25) is 5.82 Å². The molecule has 2 aromatic heterocycles. The molecule has 0 aromatic carbocycles. The lowest BCUT2D eigenvalue weighted by Crippen LogP contribution is -2.01. The van der Waals surface area contributed by atoms with Crippen LogP contribution in [-0.4, -0.2) is 14.9 Å². The quantitative estimate of drug-likeness (QED) is 0.524. The average molecular weight is 276 g/mol. The van der Waals surface area contributed by atoms with Gasteiger partial charge in [-0.15, -0.1) is 0 Å². The van der Waals surface area contributed by atoms with E-state index in [-0.39, 0.29) is 16.7 Å². The lowest BCUT2D eigenvalue weighted by Gasteiger charge is -2.05. The highest BCUT2D eigenvalue weighted by molar-refractivity contribution is 6.29. The number of hydrogen-bond acceptors (Lipinski definition) is 6. The van der Waals surface area contributed by atoms with Crippen molar-refractivity contribution in [3.8, 4) is 6.07 Å². The minimum absolute atomic E-state index is 0.00490. The Kier molecular flexibility index (Phi) is 3.54. The molecule has 0 fully saturated rings.